The van der Waals surface area contributed by atoms with Crippen molar-refractivity contribution in [2.24, 2.45) is 0 Å². The Morgan fingerprint density at radius 1 is 0.913 bits per heavy atom. The molecule has 114 valence electrons. The lowest BCUT2D eigenvalue weighted by Crippen LogP contribution is -2.29. The first-order valence-electron chi connectivity index (χ1n) is 7.25. The summed E-state index contributed by atoms with van der Waals surface area (Å²) >= 11 is 0. The van der Waals surface area contributed by atoms with Gasteiger partial charge in [-0.25, -0.2) is 4.79 Å². The molecule has 0 bridgehead atoms. The third-order valence-electron chi connectivity index (χ3n) is 3.47. The van der Waals surface area contributed by atoms with Gasteiger partial charge >= 0.3 is 6.09 Å². The molecule has 0 aliphatic heterocycles. The van der Waals surface area contributed by atoms with Gasteiger partial charge in [0.2, 0.25) is 0 Å². The lowest BCUT2D eigenvalue weighted by Gasteiger charge is -2.16. The summed E-state index contributed by atoms with van der Waals surface area (Å²) in [6.07, 6.45) is 3.11. The number of para-hydroxylation sites is 1. The molecule has 0 atom stereocenters. The van der Waals surface area contributed by atoms with Crippen LogP contribution in [0.1, 0.15) is 0 Å². The smallest absolute Gasteiger partial charge is 0.410 e. The molecule has 1 heterocycles. The van der Waals surface area contributed by atoms with Crippen LogP contribution in [0.15, 0.2) is 79.1 Å². The zero-order valence-electron chi connectivity index (χ0n) is 12.7. The van der Waals surface area contributed by atoms with Crippen molar-refractivity contribution in [1.29, 1.82) is 0 Å². The Morgan fingerprint density at radius 2 is 1.65 bits per heavy atom. The second kappa shape index (κ2) is 6.75. The van der Waals surface area contributed by atoms with Crippen LogP contribution in [0.25, 0.3) is 11.1 Å². The molecular weight excluding hydrogens is 288 g/mol. The van der Waals surface area contributed by atoms with Gasteiger partial charge in [0.05, 0.1) is 0 Å². The number of nitrogens with zero attached hydrogens (tertiary/aromatic N) is 2. The molecule has 1 aromatic heterocycles. The Bertz CT molecular complexity index is 771. The van der Waals surface area contributed by atoms with Gasteiger partial charge in [0.15, 0.2) is 0 Å². The lowest BCUT2D eigenvalue weighted by atomic mass is 10.1. The van der Waals surface area contributed by atoms with Crippen molar-refractivity contribution >= 4 is 11.8 Å². The first-order valence-corrected chi connectivity index (χ1v) is 7.25. The van der Waals surface area contributed by atoms with Gasteiger partial charge in [-0.3, -0.25) is 9.88 Å². The van der Waals surface area contributed by atoms with Crippen molar-refractivity contribution in [2.45, 2.75) is 0 Å². The molecule has 0 N–H and O–H groups in total. The van der Waals surface area contributed by atoms with E-state index in [0.717, 1.165) is 16.8 Å². The third-order valence-corrected chi connectivity index (χ3v) is 3.47. The standard InChI is InChI=1S/C19H16N2O2/c1-21(17-7-3-2-4-8-17)19(22)23-18-11-9-15(10-12-18)16-6-5-13-20-14-16/h2-14H,1H3. The summed E-state index contributed by atoms with van der Waals surface area (Å²) in [6.45, 7) is 0. The number of amides is 1. The second-order valence-electron chi connectivity index (χ2n) is 5.03. The number of hydrogen-bond donors (Lipinski definition) is 0. The minimum atomic E-state index is -0.426. The highest BCUT2D eigenvalue weighted by atomic mass is 16.6. The molecule has 23 heavy (non-hydrogen) atoms. The summed E-state index contributed by atoms with van der Waals surface area (Å²) in [6, 6.07) is 20.6. The van der Waals surface area contributed by atoms with Crippen LogP contribution in [-0.4, -0.2) is 18.1 Å². The Hall–Kier alpha value is -3.14. The van der Waals surface area contributed by atoms with Crippen LogP contribution in [0, 0.1) is 0 Å². The molecule has 2 aromatic carbocycles. The number of ether oxygens (including phenoxy) is 1. The number of pyridine rings is 1. The Balaban J connectivity index is 1.70. The summed E-state index contributed by atoms with van der Waals surface area (Å²) < 4.78 is 5.39. The quantitative estimate of drug-likeness (QED) is 0.721. The van der Waals surface area contributed by atoms with Crippen LogP contribution in [0.4, 0.5) is 10.5 Å². The van der Waals surface area contributed by atoms with E-state index < -0.39 is 6.09 Å². The van der Waals surface area contributed by atoms with Crippen molar-refractivity contribution in [3.8, 4) is 16.9 Å². The maximum atomic E-state index is 12.2. The summed E-state index contributed by atoms with van der Waals surface area (Å²) in [5.74, 6) is 0.505. The minimum absolute atomic E-state index is 0.426. The fourth-order valence-corrected chi connectivity index (χ4v) is 2.18. The van der Waals surface area contributed by atoms with Crippen molar-refractivity contribution in [3.05, 3.63) is 79.1 Å². The van der Waals surface area contributed by atoms with E-state index >= 15 is 0 Å². The molecular formula is C19H16N2O2. The van der Waals surface area contributed by atoms with Gasteiger partial charge in [0, 0.05) is 25.1 Å². The van der Waals surface area contributed by atoms with Crippen LogP contribution in [-0.2, 0) is 0 Å². The van der Waals surface area contributed by atoms with Crippen LogP contribution in [0.2, 0.25) is 0 Å². The van der Waals surface area contributed by atoms with E-state index in [1.54, 1.807) is 31.6 Å². The van der Waals surface area contributed by atoms with Crippen LogP contribution in [0.3, 0.4) is 0 Å². The molecule has 0 fully saturated rings. The van der Waals surface area contributed by atoms with E-state index in [-0.39, 0.29) is 0 Å². The van der Waals surface area contributed by atoms with Crippen LogP contribution in [0.5, 0.6) is 5.75 Å². The number of benzene rings is 2. The highest BCUT2D eigenvalue weighted by Crippen LogP contribution is 2.22. The summed E-state index contributed by atoms with van der Waals surface area (Å²) in [7, 11) is 1.68. The first-order chi connectivity index (χ1) is 11.2. The molecule has 0 unspecified atom stereocenters. The third kappa shape index (κ3) is 3.55. The molecule has 0 saturated heterocycles. The average molecular weight is 304 g/mol. The second-order valence-corrected chi connectivity index (χ2v) is 5.03. The Labute approximate surface area is 135 Å². The van der Waals surface area contributed by atoms with Gasteiger partial charge in [0.1, 0.15) is 5.75 Å². The topological polar surface area (TPSA) is 42.4 Å². The van der Waals surface area contributed by atoms with Crippen molar-refractivity contribution < 1.29 is 9.53 Å². The number of aromatic nitrogens is 1. The Morgan fingerprint density at radius 3 is 2.30 bits per heavy atom. The number of anilines is 1. The highest BCUT2D eigenvalue weighted by molar-refractivity contribution is 5.88. The summed E-state index contributed by atoms with van der Waals surface area (Å²) in [5.41, 5.74) is 2.82. The van der Waals surface area contributed by atoms with Gasteiger partial charge in [-0.15, -0.1) is 0 Å². The molecule has 1 amide bonds. The number of hydrogen-bond acceptors (Lipinski definition) is 3. The number of carbonyl (C=O) groups excluding carboxylic acids is 1. The van der Waals surface area contributed by atoms with E-state index in [4.69, 9.17) is 4.74 Å². The fraction of sp³-hybridized carbons (Fsp3) is 0.0526. The number of carbonyl (C=O) groups is 1. The zero-order chi connectivity index (χ0) is 16.1. The maximum Gasteiger partial charge on any atom is 0.419 e. The van der Waals surface area contributed by atoms with Crippen molar-refractivity contribution in [3.63, 3.8) is 0 Å². The van der Waals surface area contributed by atoms with Crippen LogP contribution < -0.4 is 9.64 Å². The lowest BCUT2D eigenvalue weighted by molar-refractivity contribution is 0.209. The maximum absolute atomic E-state index is 12.2. The normalized spacial score (nSPS) is 10.1. The Kier molecular flexibility index (Phi) is 4.34. The summed E-state index contributed by atoms with van der Waals surface area (Å²) in [5, 5.41) is 0. The molecule has 0 aliphatic carbocycles. The zero-order valence-corrected chi connectivity index (χ0v) is 12.7. The van der Waals surface area contributed by atoms with Gasteiger partial charge in [-0.2, -0.15) is 0 Å². The molecule has 0 aliphatic rings. The highest BCUT2D eigenvalue weighted by Gasteiger charge is 2.12. The molecule has 0 spiro atoms. The largest absolute Gasteiger partial charge is 0.419 e. The first kappa shape index (κ1) is 14.8. The predicted octanol–water partition coefficient (Wildman–Crippen LogP) is 4.38. The SMILES string of the molecule is CN(C(=O)Oc1ccc(-c2cccnc2)cc1)c1ccccc1. The van der Waals surface area contributed by atoms with E-state index in [9.17, 15) is 4.79 Å². The average Bonchev–Trinajstić information content (AvgIpc) is 2.63. The minimum Gasteiger partial charge on any atom is -0.410 e. The van der Waals surface area contributed by atoms with Crippen molar-refractivity contribution in [2.75, 3.05) is 11.9 Å². The molecule has 0 saturated carbocycles. The summed E-state index contributed by atoms with van der Waals surface area (Å²) in [4.78, 5) is 17.7. The van der Waals surface area contributed by atoms with Crippen LogP contribution >= 0.6 is 0 Å². The molecule has 4 heteroatoms. The molecule has 0 radical (unpaired) electrons. The van der Waals surface area contributed by atoms with Gasteiger partial charge in [-0.1, -0.05) is 36.4 Å². The van der Waals surface area contributed by atoms with Crippen molar-refractivity contribution in [1.82, 2.24) is 4.98 Å². The predicted molar refractivity (Wildman–Crippen MR) is 90.5 cm³/mol. The molecule has 4 nitrogen and oxygen atoms in total. The van der Waals surface area contributed by atoms with E-state index in [0.29, 0.717) is 5.75 Å². The molecule has 3 rings (SSSR count). The van der Waals surface area contributed by atoms with E-state index in [2.05, 4.69) is 4.98 Å². The number of rotatable bonds is 3. The van der Waals surface area contributed by atoms with E-state index in [1.807, 2.05) is 54.6 Å². The molecule has 3 aromatic rings. The fourth-order valence-electron chi connectivity index (χ4n) is 2.18. The van der Waals surface area contributed by atoms with Gasteiger partial charge in [0.25, 0.3) is 0 Å². The van der Waals surface area contributed by atoms with Gasteiger partial charge in [-0.05, 0) is 41.5 Å². The van der Waals surface area contributed by atoms with E-state index in [1.165, 1.54) is 4.90 Å². The van der Waals surface area contributed by atoms with Gasteiger partial charge < -0.3 is 4.74 Å². The monoisotopic (exact) mass is 304 g/mol.